The molecule has 3 rings (SSSR count). The molecule has 1 aliphatic heterocycles. The molecule has 1 amide bonds. The van der Waals surface area contributed by atoms with Gasteiger partial charge in [-0.2, -0.15) is 4.98 Å². The molecule has 2 atom stereocenters. The van der Waals surface area contributed by atoms with Crippen LogP contribution in [0.5, 0.6) is 0 Å². The van der Waals surface area contributed by atoms with Crippen molar-refractivity contribution in [2.75, 3.05) is 18.4 Å². The van der Waals surface area contributed by atoms with Crippen molar-refractivity contribution in [3.05, 3.63) is 52.6 Å². The van der Waals surface area contributed by atoms with Gasteiger partial charge in [0.15, 0.2) is 0 Å². The van der Waals surface area contributed by atoms with Crippen LogP contribution in [0.4, 0.5) is 5.82 Å². The van der Waals surface area contributed by atoms with Crippen molar-refractivity contribution in [1.82, 2.24) is 14.5 Å². The summed E-state index contributed by atoms with van der Waals surface area (Å²) in [5.41, 5.74) is 7.71. The molecule has 0 aliphatic carbocycles. The summed E-state index contributed by atoms with van der Waals surface area (Å²) in [6.07, 6.45) is 4.26. The first-order chi connectivity index (χ1) is 12.6. The van der Waals surface area contributed by atoms with Crippen LogP contribution in [-0.4, -0.2) is 40.0 Å². The number of carbonyl (C=O) groups is 1. The van der Waals surface area contributed by atoms with Gasteiger partial charge >= 0.3 is 5.69 Å². The Balaban J connectivity index is 1.69. The highest BCUT2D eigenvalue weighted by Gasteiger charge is 2.25. The second kappa shape index (κ2) is 8.25. The SMILES string of the molecule is CC[C@H]1CN(Cc2ccc(-n3ccc(NC=O)nc3=O)cc2)CC[C@H]1N. The fourth-order valence-corrected chi connectivity index (χ4v) is 3.46. The van der Waals surface area contributed by atoms with E-state index in [9.17, 15) is 9.59 Å². The zero-order valence-electron chi connectivity index (χ0n) is 15.0. The lowest BCUT2D eigenvalue weighted by Crippen LogP contribution is -2.46. The van der Waals surface area contributed by atoms with Crippen LogP contribution in [0.1, 0.15) is 25.3 Å². The number of anilines is 1. The zero-order valence-corrected chi connectivity index (χ0v) is 15.0. The molecule has 2 heterocycles. The number of carbonyl (C=O) groups excluding carboxylic acids is 1. The number of nitrogens with zero attached hydrogens (tertiary/aromatic N) is 3. The summed E-state index contributed by atoms with van der Waals surface area (Å²) in [4.78, 5) is 28.8. The molecule has 0 unspecified atom stereocenters. The van der Waals surface area contributed by atoms with Crippen LogP contribution in [0, 0.1) is 5.92 Å². The average Bonchev–Trinajstić information content (AvgIpc) is 2.64. The summed E-state index contributed by atoms with van der Waals surface area (Å²) in [5, 5.41) is 2.37. The molecule has 1 saturated heterocycles. The number of amides is 1. The van der Waals surface area contributed by atoms with E-state index in [-0.39, 0.29) is 5.82 Å². The summed E-state index contributed by atoms with van der Waals surface area (Å²) < 4.78 is 1.45. The van der Waals surface area contributed by atoms with Gasteiger partial charge in [-0.15, -0.1) is 0 Å². The number of aromatic nitrogens is 2. The second-order valence-corrected chi connectivity index (χ2v) is 6.75. The maximum Gasteiger partial charge on any atom is 0.354 e. The molecule has 138 valence electrons. The molecule has 26 heavy (non-hydrogen) atoms. The van der Waals surface area contributed by atoms with Crippen LogP contribution < -0.4 is 16.7 Å². The Morgan fingerprint density at radius 2 is 2.08 bits per heavy atom. The van der Waals surface area contributed by atoms with Gasteiger partial charge in [-0.05, 0) is 42.6 Å². The van der Waals surface area contributed by atoms with Crippen molar-refractivity contribution >= 4 is 12.2 Å². The first kappa shape index (κ1) is 18.3. The molecule has 0 saturated carbocycles. The highest BCUT2D eigenvalue weighted by molar-refractivity contribution is 5.68. The molecule has 0 spiro atoms. The number of benzene rings is 1. The van der Waals surface area contributed by atoms with E-state index in [4.69, 9.17) is 5.73 Å². The van der Waals surface area contributed by atoms with Crippen molar-refractivity contribution in [2.24, 2.45) is 11.7 Å². The molecule has 1 aliphatic rings. The minimum Gasteiger partial charge on any atom is -0.327 e. The normalized spacial score (nSPS) is 20.7. The Labute approximate surface area is 152 Å². The van der Waals surface area contributed by atoms with E-state index in [1.807, 2.05) is 24.3 Å². The molecule has 0 radical (unpaired) electrons. The van der Waals surface area contributed by atoms with Crippen molar-refractivity contribution in [1.29, 1.82) is 0 Å². The quantitative estimate of drug-likeness (QED) is 0.763. The lowest BCUT2D eigenvalue weighted by atomic mass is 9.90. The third-order valence-electron chi connectivity index (χ3n) is 5.03. The summed E-state index contributed by atoms with van der Waals surface area (Å²) in [6, 6.07) is 9.81. The average molecular weight is 355 g/mol. The molecular formula is C19H25N5O2. The van der Waals surface area contributed by atoms with Crippen LogP contribution in [0.25, 0.3) is 5.69 Å². The summed E-state index contributed by atoms with van der Waals surface area (Å²) in [5.74, 6) is 0.804. The van der Waals surface area contributed by atoms with Gasteiger partial charge < -0.3 is 11.1 Å². The summed E-state index contributed by atoms with van der Waals surface area (Å²) >= 11 is 0. The van der Waals surface area contributed by atoms with E-state index < -0.39 is 5.69 Å². The molecule has 1 fully saturated rings. The van der Waals surface area contributed by atoms with E-state index >= 15 is 0 Å². The van der Waals surface area contributed by atoms with Crippen molar-refractivity contribution in [2.45, 2.75) is 32.4 Å². The number of rotatable bonds is 6. The third kappa shape index (κ3) is 4.17. The molecule has 2 aromatic rings. The number of nitrogens with one attached hydrogen (secondary N) is 1. The van der Waals surface area contributed by atoms with E-state index in [2.05, 4.69) is 22.1 Å². The van der Waals surface area contributed by atoms with Gasteiger partial charge in [0.25, 0.3) is 0 Å². The molecule has 3 N–H and O–H groups in total. The number of likely N-dealkylation sites (tertiary alicyclic amines) is 1. The zero-order chi connectivity index (χ0) is 18.5. The molecular weight excluding hydrogens is 330 g/mol. The monoisotopic (exact) mass is 355 g/mol. The maximum atomic E-state index is 12.1. The fourth-order valence-electron chi connectivity index (χ4n) is 3.46. The van der Waals surface area contributed by atoms with Gasteiger partial charge in [-0.1, -0.05) is 25.5 Å². The van der Waals surface area contributed by atoms with Crippen LogP contribution in [0.2, 0.25) is 0 Å². The number of nitrogens with two attached hydrogens (primary N) is 1. The number of hydrogen-bond donors (Lipinski definition) is 2. The number of piperidine rings is 1. The Morgan fingerprint density at radius 1 is 1.31 bits per heavy atom. The second-order valence-electron chi connectivity index (χ2n) is 6.75. The van der Waals surface area contributed by atoms with Gasteiger partial charge in [0, 0.05) is 25.3 Å². The summed E-state index contributed by atoms with van der Waals surface area (Å²) in [6.45, 7) is 5.14. The highest BCUT2D eigenvalue weighted by Crippen LogP contribution is 2.20. The van der Waals surface area contributed by atoms with E-state index in [1.165, 1.54) is 10.1 Å². The molecule has 7 nitrogen and oxygen atoms in total. The largest absolute Gasteiger partial charge is 0.354 e. The van der Waals surface area contributed by atoms with Gasteiger partial charge in [0.1, 0.15) is 5.82 Å². The third-order valence-corrected chi connectivity index (χ3v) is 5.03. The van der Waals surface area contributed by atoms with Gasteiger partial charge in [-0.25, -0.2) is 4.79 Å². The molecule has 1 aromatic carbocycles. The standard InChI is InChI=1S/C19H25N5O2/c1-2-15-12-23(9-7-17(15)20)11-14-3-5-16(6-4-14)24-10-8-18(21-13-25)22-19(24)26/h3-6,8,10,13,15,17H,2,7,9,11-12,20H2,1H3,(H,21,22,25,26)/t15-,17+/m0/s1. The van der Waals surface area contributed by atoms with Gasteiger partial charge in [0.05, 0.1) is 5.69 Å². The summed E-state index contributed by atoms with van der Waals surface area (Å²) in [7, 11) is 0. The predicted molar refractivity (Wildman–Crippen MR) is 101 cm³/mol. The fraction of sp³-hybridized carbons (Fsp3) is 0.421. The van der Waals surface area contributed by atoms with Crippen molar-refractivity contribution < 1.29 is 4.79 Å². The number of hydrogen-bond acceptors (Lipinski definition) is 5. The lowest BCUT2D eigenvalue weighted by molar-refractivity contribution is -0.105. The smallest absolute Gasteiger partial charge is 0.327 e. The van der Waals surface area contributed by atoms with Crippen LogP contribution in [0.3, 0.4) is 0 Å². The Morgan fingerprint density at radius 3 is 2.73 bits per heavy atom. The lowest BCUT2D eigenvalue weighted by Gasteiger charge is -2.36. The maximum absolute atomic E-state index is 12.1. The van der Waals surface area contributed by atoms with Crippen LogP contribution in [0.15, 0.2) is 41.3 Å². The Hall–Kier alpha value is -2.51. The predicted octanol–water partition coefficient (Wildman–Crippen LogP) is 1.36. The van der Waals surface area contributed by atoms with Gasteiger partial charge in [-0.3, -0.25) is 14.3 Å². The minimum absolute atomic E-state index is 0.242. The van der Waals surface area contributed by atoms with Gasteiger partial charge in [0.2, 0.25) is 6.41 Å². The van der Waals surface area contributed by atoms with Crippen LogP contribution >= 0.6 is 0 Å². The molecule has 0 bridgehead atoms. The topological polar surface area (TPSA) is 93.2 Å². The minimum atomic E-state index is -0.430. The first-order valence-corrected chi connectivity index (χ1v) is 8.98. The van der Waals surface area contributed by atoms with Crippen LogP contribution in [-0.2, 0) is 11.3 Å². The van der Waals surface area contributed by atoms with Crippen molar-refractivity contribution in [3.8, 4) is 5.69 Å². The Kier molecular flexibility index (Phi) is 5.80. The first-order valence-electron chi connectivity index (χ1n) is 8.98. The molecule has 7 heteroatoms. The van der Waals surface area contributed by atoms with Crippen molar-refractivity contribution in [3.63, 3.8) is 0 Å². The van der Waals surface area contributed by atoms with E-state index in [0.29, 0.717) is 18.4 Å². The molecule has 1 aromatic heterocycles. The Bertz CT molecular complexity index is 802. The van der Waals surface area contributed by atoms with E-state index in [1.54, 1.807) is 12.3 Å². The van der Waals surface area contributed by atoms with E-state index in [0.717, 1.165) is 38.2 Å². The highest BCUT2D eigenvalue weighted by atomic mass is 16.1.